The van der Waals surface area contributed by atoms with Crippen molar-refractivity contribution in [1.29, 1.82) is 0 Å². The number of nitrogens with zero attached hydrogens (tertiary/aromatic N) is 6. The number of fused-ring (bicyclic) bond motifs is 2. The lowest BCUT2D eigenvalue weighted by atomic mass is 9.93. The van der Waals surface area contributed by atoms with E-state index in [1.165, 1.54) is 6.20 Å². The Kier molecular flexibility index (Phi) is 4.94. The number of hydrogen-bond acceptors (Lipinski definition) is 6. The first-order valence-electron chi connectivity index (χ1n) is 9.70. The highest BCUT2D eigenvalue weighted by atomic mass is 35.5. The molecule has 0 atom stereocenters. The van der Waals surface area contributed by atoms with Crippen LogP contribution < -0.4 is 5.32 Å². The molecule has 1 N–H and O–H groups in total. The van der Waals surface area contributed by atoms with Crippen LogP contribution in [0.3, 0.4) is 0 Å². The summed E-state index contributed by atoms with van der Waals surface area (Å²) >= 11 is 6.14. The van der Waals surface area contributed by atoms with Crippen molar-refractivity contribution in [2.24, 2.45) is 0 Å². The van der Waals surface area contributed by atoms with E-state index in [-0.39, 0.29) is 6.04 Å². The van der Waals surface area contributed by atoms with Crippen LogP contribution in [0.25, 0.3) is 22.4 Å². The van der Waals surface area contributed by atoms with Gasteiger partial charge >= 0.3 is 6.36 Å². The smallest absolute Gasteiger partial charge is 0.350 e. The fraction of sp³-hybridized carbons (Fsp3) is 0.368. The molecule has 0 aromatic carbocycles. The van der Waals surface area contributed by atoms with Crippen LogP contribution in [0.2, 0.25) is 5.15 Å². The van der Waals surface area contributed by atoms with Crippen LogP contribution in [0.1, 0.15) is 25.7 Å². The van der Waals surface area contributed by atoms with Crippen molar-refractivity contribution in [3.63, 3.8) is 0 Å². The molecule has 8 nitrogen and oxygen atoms in total. The summed E-state index contributed by atoms with van der Waals surface area (Å²) in [6, 6.07) is 1.90. The fourth-order valence-corrected chi connectivity index (χ4v) is 4.06. The van der Waals surface area contributed by atoms with Crippen LogP contribution in [-0.4, -0.2) is 47.5 Å². The molecule has 4 aromatic heterocycles. The monoisotopic (exact) mass is 451 g/mol. The second kappa shape index (κ2) is 7.65. The third kappa shape index (κ3) is 4.15. The molecule has 0 spiro atoms. The van der Waals surface area contributed by atoms with Gasteiger partial charge in [0, 0.05) is 35.8 Å². The zero-order chi connectivity index (χ0) is 21.6. The summed E-state index contributed by atoms with van der Waals surface area (Å²) in [7, 11) is 0. The quantitative estimate of drug-likeness (QED) is 0.496. The highest BCUT2D eigenvalue weighted by molar-refractivity contribution is 6.29. The van der Waals surface area contributed by atoms with Crippen LogP contribution in [0.4, 0.5) is 19.1 Å². The highest BCUT2D eigenvalue weighted by Gasteiger charge is 2.35. The van der Waals surface area contributed by atoms with Gasteiger partial charge in [0.15, 0.2) is 0 Å². The Balaban J connectivity index is 1.31. The molecule has 0 aliphatic heterocycles. The van der Waals surface area contributed by atoms with Gasteiger partial charge in [-0.2, -0.15) is 0 Å². The van der Waals surface area contributed by atoms with Crippen molar-refractivity contribution < 1.29 is 17.9 Å². The van der Waals surface area contributed by atoms with Crippen molar-refractivity contribution in [3.8, 4) is 11.1 Å². The Morgan fingerprint density at radius 2 is 1.84 bits per heavy atom. The van der Waals surface area contributed by atoms with E-state index < -0.39 is 12.5 Å². The molecule has 0 bridgehead atoms. The molecule has 0 radical (unpaired) electrons. The van der Waals surface area contributed by atoms with Gasteiger partial charge in [0.05, 0.1) is 24.0 Å². The van der Waals surface area contributed by atoms with Crippen LogP contribution in [0.15, 0.2) is 37.1 Å². The highest BCUT2D eigenvalue weighted by Crippen LogP contribution is 2.29. The molecule has 4 aromatic rings. The molecule has 5 rings (SSSR count). The maximum absolute atomic E-state index is 12.4. The summed E-state index contributed by atoms with van der Waals surface area (Å²) in [6.45, 7) is 0. The van der Waals surface area contributed by atoms with Gasteiger partial charge in [0.25, 0.3) is 0 Å². The molecule has 1 fully saturated rings. The summed E-state index contributed by atoms with van der Waals surface area (Å²) in [5, 5.41) is 8.16. The number of ether oxygens (including phenoxy) is 1. The summed E-state index contributed by atoms with van der Waals surface area (Å²) in [5.41, 5.74) is 2.50. The Hall–Kier alpha value is -2.92. The van der Waals surface area contributed by atoms with Gasteiger partial charge in [-0.15, -0.1) is 18.3 Å². The Labute approximate surface area is 179 Å². The van der Waals surface area contributed by atoms with E-state index >= 15 is 0 Å². The topological polar surface area (TPSA) is 81.6 Å². The largest absolute Gasteiger partial charge is 0.522 e. The summed E-state index contributed by atoms with van der Waals surface area (Å²) in [6.07, 6.45) is 4.99. The molecule has 0 amide bonds. The summed E-state index contributed by atoms with van der Waals surface area (Å²) < 4.78 is 44.6. The van der Waals surface area contributed by atoms with E-state index in [9.17, 15) is 13.2 Å². The van der Waals surface area contributed by atoms with Gasteiger partial charge in [-0.25, -0.2) is 19.5 Å². The van der Waals surface area contributed by atoms with E-state index in [0.29, 0.717) is 42.6 Å². The van der Waals surface area contributed by atoms with Crippen LogP contribution >= 0.6 is 11.6 Å². The molecule has 12 heteroatoms. The van der Waals surface area contributed by atoms with Gasteiger partial charge < -0.3 is 5.32 Å². The van der Waals surface area contributed by atoms with Gasteiger partial charge in [0.2, 0.25) is 11.7 Å². The molecule has 1 aliphatic rings. The summed E-state index contributed by atoms with van der Waals surface area (Å²) in [4.78, 5) is 12.8. The molecular weight excluding hydrogens is 435 g/mol. The Bertz CT molecular complexity index is 1230. The molecule has 162 valence electrons. The van der Waals surface area contributed by atoms with Crippen LogP contribution in [0, 0.1) is 0 Å². The maximum atomic E-state index is 12.4. The van der Waals surface area contributed by atoms with Gasteiger partial charge in [-0.1, -0.05) is 11.6 Å². The number of rotatable bonds is 4. The normalized spacial score (nSPS) is 19.9. The SMILES string of the molecule is FC(F)(F)OC1CCC(Nc2ncc3c(-c4cnc5ncc(Cl)n5c4)ccn3n2)CC1. The van der Waals surface area contributed by atoms with Crippen LogP contribution in [-0.2, 0) is 4.74 Å². The predicted octanol–water partition coefficient (Wildman–Crippen LogP) is 4.35. The first-order chi connectivity index (χ1) is 14.9. The van der Waals surface area contributed by atoms with Gasteiger partial charge in [-0.3, -0.25) is 9.14 Å². The lowest BCUT2D eigenvalue weighted by Crippen LogP contribution is -2.33. The number of halogens is 4. The molecule has 0 unspecified atom stereocenters. The van der Waals surface area contributed by atoms with Crippen molar-refractivity contribution in [2.75, 3.05) is 5.32 Å². The average molecular weight is 452 g/mol. The standard InChI is InChI=1S/C19H17ClF3N7O/c20-16-9-26-18-25-7-11(10-29(16)18)14-5-6-30-15(14)8-24-17(28-30)27-12-1-3-13(4-2-12)31-19(21,22)23/h5-10,12-13H,1-4H2,(H,27,28). The van der Waals surface area contributed by atoms with E-state index in [1.54, 1.807) is 21.3 Å². The van der Waals surface area contributed by atoms with Crippen molar-refractivity contribution in [1.82, 2.24) is 29.0 Å². The molecular formula is C19H17ClF3N7O. The lowest BCUT2D eigenvalue weighted by Gasteiger charge is -2.29. The third-order valence-corrected chi connectivity index (χ3v) is 5.63. The van der Waals surface area contributed by atoms with E-state index in [2.05, 4.69) is 30.1 Å². The van der Waals surface area contributed by atoms with Crippen molar-refractivity contribution >= 4 is 28.8 Å². The van der Waals surface area contributed by atoms with E-state index in [4.69, 9.17) is 11.6 Å². The minimum atomic E-state index is -4.59. The molecule has 4 heterocycles. The summed E-state index contributed by atoms with van der Waals surface area (Å²) in [5.74, 6) is 0.927. The Morgan fingerprint density at radius 3 is 2.61 bits per heavy atom. The second-order valence-electron chi connectivity index (χ2n) is 7.42. The number of imidazole rings is 1. The van der Waals surface area contributed by atoms with Crippen molar-refractivity contribution in [3.05, 3.63) is 42.2 Å². The molecule has 1 saturated carbocycles. The number of hydrogen-bond donors (Lipinski definition) is 1. The lowest BCUT2D eigenvalue weighted by molar-refractivity contribution is -0.345. The zero-order valence-corrected chi connectivity index (χ0v) is 16.8. The minimum Gasteiger partial charge on any atom is -0.350 e. The van der Waals surface area contributed by atoms with Crippen LogP contribution in [0.5, 0.6) is 0 Å². The first kappa shape index (κ1) is 20.0. The average Bonchev–Trinajstić information content (AvgIpc) is 3.31. The zero-order valence-electron chi connectivity index (χ0n) is 16.1. The van der Waals surface area contributed by atoms with Crippen molar-refractivity contribution in [2.45, 2.75) is 44.2 Å². The van der Waals surface area contributed by atoms with Gasteiger partial charge in [0.1, 0.15) is 5.15 Å². The molecule has 31 heavy (non-hydrogen) atoms. The molecule has 0 saturated heterocycles. The van der Waals surface area contributed by atoms with E-state index in [1.807, 2.05) is 18.5 Å². The molecule has 1 aliphatic carbocycles. The Morgan fingerprint density at radius 1 is 1.06 bits per heavy atom. The van der Waals surface area contributed by atoms with E-state index in [0.717, 1.165) is 16.6 Å². The number of aromatic nitrogens is 6. The first-order valence-corrected chi connectivity index (χ1v) is 10.1. The predicted molar refractivity (Wildman–Crippen MR) is 107 cm³/mol. The number of alkyl halides is 3. The maximum Gasteiger partial charge on any atom is 0.522 e. The number of anilines is 1. The second-order valence-corrected chi connectivity index (χ2v) is 7.80. The minimum absolute atomic E-state index is 0.00411. The third-order valence-electron chi connectivity index (χ3n) is 5.35. The fourth-order valence-electron chi connectivity index (χ4n) is 3.89. The van der Waals surface area contributed by atoms with Gasteiger partial charge in [-0.05, 0) is 31.7 Å². The number of nitrogens with one attached hydrogen (secondary N) is 1.